The monoisotopic (exact) mass is 487 g/mol. The number of hydrogen-bond acceptors (Lipinski definition) is 7. The van der Waals surface area contributed by atoms with Crippen LogP contribution in [0.4, 0.5) is 19.1 Å². The summed E-state index contributed by atoms with van der Waals surface area (Å²) in [6, 6.07) is 8.40. The molecule has 0 radical (unpaired) electrons. The Morgan fingerprint density at radius 3 is 2.50 bits per heavy atom. The van der Waals surface area contributed by atoms with Gasteiger partial charge in [0.2, 0.25) is 16.0 Å². The number of aromatic amines is 1. The number of alkyl halides is 3. The topological polar surface area (TPSA) is 150 Å². The van der Waals surface area contributed by atoms with Crippen molar-refractivity contribution in [1.82, 2.24) is 19.9 Å². The van der Waals surface area contributed by atoms with Gasteiger partial charge in [-0.15, -0.1) is 0 Å². The molecule has 174 valence electrons. The van der Waals surface area contributed by atoms with E-state index in [1.54, 1.807) is 19.1 Å². The maximum absolute atomic E-state index is 13.2. The zero-order valence-corrected chi connectivity index (χ0v) is 18.2. The normalized spacial score (nSPS) is 12.9. The van der Waals surface area contributed by atoms with Crippen LogP contribution in [0.25, 0.3) is 22.3 Å². The molecule has 34 heavy (non-hydrogen) atoms. The lowest BCUT2D eigenvalue weighted by Crippen LogP contribution is -2.13. The molecule has 0 aliphatic heterocycles. The van der Waals surface area contributed by atoms with Crippen molar-refractivity contribution in [2.45, 2.75) is 24.0 Å². The highest BCUT2D eigenvalue weighted by molar-refractivity contribution is 7.89. The van der Waals surface area contributed by atoms with E-state index < -0.39 is 21.8 Å². The highest BCUT2D eigenvalue weighted by Crippen LogP contribution is 2.35. The Hall–Kier alpha value is -4.02. The van der Waals surface area contributed by atoms with E-state index in [0.29, 0.717) is 5.56 Å². The standard InChI is InChI=1S/C21H16F3N7O2S/c1-11(12-2-4-15(5-3-12)34(26,32)33)30-20-29-8-13(7-25)18(31-20)17-10-28-19-16(17)6-14(9-27-19)21(22,23)24/h2-6,8-11H,1H3,(H,27,28)(H2,26,32,33)(H,29,30,31)/t11-/m1/s1. The zero-order valence-electron chi connectivity index (χ0n) is 17.4. The molecule has 0 aliphatic rings. The first kappa shape index (κ1) is 23.1. The zero-order chi connectivity index (χ0) is 24.7. The number of rotatable bonds is 5. The summed E-state index contributed by atoms with van der Waals surface area (Å²) in [5, 5.41) is 17.8. The number of fused-ring (bicyclic) bond motifs is 1. The van der Waals surface area contributed by atoms with E-state index in [-0.39, 0.29) is 44.7 Å². The quantitative estimate of drug-likeness (QED) is 0.388. The van der Waals surface area contributed by atoms with Gasteiger partial charge < -0.3 is 10.3 Å². The van der Waals surface area contributed by atoms with Crippen molar-refractivity contribution < 1.29 is 21.6 Å². The first-order chi connectivity index (χ1) is 16.0. The molecule has 0 spiro atoms. The van der Waals surface area contributed by atoms with Crippen LogP contribution < -0.4 is 10.5 Å². The third kappa shape index (κ3) is 4.54. The van der Waals surface area contributed by atoms with Crippen LogP contribution in [-0.2, 0) is 16.2 Å². The number of nitriles is 1. The van der Waals surface area contributed by atoms with Gasteiger partial charge >= 0.3 is 6.18 Å². The van der Waals surface area contributed by atoms with Crippen molar-refractivity contribution in [3.8, 4) is 17.3 Å². The molecule has 1 atom stereocenters. The summed E-state index contributed by atoms with van der Waals surface area (Å²) in [4.78, 5) is 15.0. The molecule has 0 aliphatic carbocycles. The Morgan fingerprint density at radius 1 is 1.18 bits per heavy atom. The fourth-order valence-corrected chi connectivity index (χ4v) is 3.83. The molecule has 0 bridgehead atoms. The molecule has 0 unspecified atom stereocenters. The Kier molecular flexibility index (Phi) is 5.72. The molecule has 0 fully saturated rings. The van der Waals surface area contributed by atoms with Gasteiger partial charge in [0.1, 0.15) is 11.7 Å². The number of pyridine rings is 1. The number of halogens is 3. The van der Waals surface area contributed by atoms with Crippen LogP contribution in [0.2, 0.25) is 0 Å². The van der Waals surface area contributed by atoms with Gasteiger partial charge in [0.25, 0.3) is 0 Å². The second-order valence-electron chi connectivity index (χ2n) is 7.37. The number of nitrogens with one attached hydrogen (secondary N) is 2. The fourth-order valence-electron chi connectivity index (χ4n) is 3.32. The van der Waals surface area contributed by atoms with Crippen LogP contribution in [-0.4, -0.2) is 28.4 Å². The Balaban J connectivity index is 1.70. The molecular weight excluding hydrogens is 471 g/mol. The van der Waals surface area contributed by atoms with Crippen LogP contribution in [0.1, 0.15) is 29.7 Å². The molecular formula is C21H16F3N7O2S. The number of benzene rings is 1. The lowest BCUT2D eigenvalue weighted by molar-refractivity contribution is -0.137. The van der Waals surface area contributed by atoms with Crippen molar-refractivity contribution in [1.29, 1.82) is 5.26 Å². The third-order valence-corrected chi connectivity index (χ3v) is 6.01. The van der Waals surface area contributed by atoms with E-state index in [1.807, 2.05) is 6.07 Å². The number of nitrogens with two attached hydrogens (primary N) is 1. The Labute approximate surface area is 191 Å². The van der Waals surface area contributed by atoms with Gasteiger partial charge in [-0.2, -0.15) is 18.4 Å². The molecule has 4 rings (SSSR count). The molecule has 4 N–H and O–H groups in total. The summed E-state index contributed by atoms with van der Waals surface area (Å²) >= 11 is 0. The van der Waals surface area contributed by atoms with Crippen LogP contribution in [0.5, 0.6) is 0 Å². The van der Waals surface area contributed by atoms with E-state index in [9.17, 15) is 26.9 Å². The van der Waals surface area contributed by atoms with Crippen LogP contribution >= 0.6 is 0 Å². The van der Waals surface area contributed by atoms with Crippen LogP contribution in [0.15, 0.2) is 53.8 Å². The number of aromatic nitrogens is 4. The largest absolute Gasteiger partial charge is 0.417 e. The lowest BCUT2D eigenvalue weighted by Gasteiger charge is -2.15. The summed E-state index contributed by atoms with van der Waals surface area (Å²) < 4.78 is 62.4. The smallest absolute Gasteiger partial charge is 0.348 e. The molecule has 3 heterocycles. The summed E-state index contributed by atoms with van der Waals surface area (Å²) in [5.74, 6) is 0.117. The average Bonchev–Trinajstić information content (AvgIpc) is 3.21. The highest BCUT2D eigenvalue weighted by atomic mass is 32.2. The van der Waals surface area contributed by atoms with Gasteiger partial charge in [-0.05, 0) is 30.7 Å². The minimum absolute atomic E-state index is 0.0356. The number of anilines is 1. The summed E-state index contributed by atoms with van der Waals surface area (Å²) in [7, 11) is -3.83. The van der Waals surface area contributed by atoms with Crippen molar-refractivity contribution >= 4 is 27.0 Å². The van der Waals surface area contributed by atoms with E-state index in [0.717, 1.165) is 12.3 Å². The number of H-pyrrole nitrogens is 1. The van der Waals surface area contributed by atoms with Gasteiger partial charge in [-0.3, -0.25) is 0 Å². The van der Waals surface area contributed by atoms with E-state index in [4.69, 9.17) is 5.14 Å². The second kappa shape index (κ2) is 8.40. The van der Waals surface area contributed by atoms with E-state index in [1.165, 1.54) is 24.5 Å². The van der Waals surface area contributed by atoms with Crippen molar-refractivity contribution in [2.75, 3.05) is 5.32 Å². The second-order valence-corrected chi connectivity index (χ2v) is 8.93. The third-order valence-electron chi connectivity index (χ3n) is 5.08. The molecule has 9 nitrogen and oxygen atoms in total. The molecule has 1 aromatic carbocycles. The Bertz CT molecular complexity index is 1520. The molecule has 0 amide bonds. The molecule has 0 saturated carbocycles. The first-order valence-corrected chi connectivity index (χ1v) is 11.2. The van der Waals surface area contributed by atoms with Crippen molar-refractivity contribution in [3.05, 3.63) is 65.6 Å². The molecule has 3 aromatic heterocycles. The van der Waals surface area contributed by atoms with Gasteiger partial charge in [-0.1, -0.05) is 12.1 Å². The molecule has 4 aromatic rings. The fraction of sp³-hybridized carbons (Fsp3) is 0.143. The first-order valence-electron chi connectivity index (χ1n) is 9.68. The lowest BCUT2D eigenvalue weighted by atomic mass is 10.1. The average molecular weight is 487 g/mol. The predicted octanol–water partition coefficient (Wildman–Crippen LogP) is 3.73. The number of hydrogen-bond donors (Lipinski definition) is 3. The summed E-state index contributed by atoms with van der Waals surface area (Å²) in [6.45, 7) is 1.78. The van der Waals surface area contributed by atoms with E-state index >= 15 is 0 Å². The molecule has 13 heteroatoms. The van der Waals surface area contributed by atoms with Gasteiger partial charge in [0.15, 0.2) is 0 Å². The molecule has 0 saturated heterocycles. The highest BCUT2D eigenvalue weighted by Gasteiger charge is 2.31. The van der Waals surface area contributed by atoms with Gasteiger partial charge in [0, 0.05) is 23.3 Å². The van der Waals surface area contributed by atoms with Crippen molar-refractivity contribution in [2.24, 2.45) is 5.14 Å². The Morgan fingerprint density at radius 2 is 1.88 bits per heavy atom. The SMILES string of the molecule is C[C@@H](Nc1ncc(C#N)c(-c2c[nH]c3ncc(C(F)(F)F)cc23)n1)c1ccc(S(N)(=O)=O)cc1. The maximum Gasteiger partial charge on any atom is 0.417 e. The number of nitrogens with zero attached hydrogens (tertiary/aromatic N) is 4. The minimum Gasteiger partial charge on any atom is -0.348 e. The summed E-state index contributed by atoms with van der Waals surface area (Å²) in [5.41, 5.74) is 0.443. The number of sulfonamides is 1. The summed E-state index contributed by atoms with van der Waals surface area (Å²) in [6.07, 6.45) is -1.16. The number of primary sulfonamides is 1. The van der Waals surface area contributed by atoms with E-state index in [2.05, 4.69) is 25.3 Å². The van der Waals surface area contributed by atoms with Gasteiger partial charge in [0.05, 0.1) is 34.0 Å². The predicted molar refractivity (Wildman–Crippen MR) is 117 cm³/mol. The minimum atomic E-state index is -4.58. The van der Waals surface area contributed by atoms with Crippen LogP contribution in [0.3, 0.4) is 0 Å². The van der Waals surface area contributed by atoms with Crippen molar-refractivity contribution in [3.63, 3.8) is 0 Å². The maximum atomic E-state index is 13.2. The van der Waals surface area contributed by atoms with Gasteiger partial charge in [-0.25, -0.2) is 28.5 Å². The van der Waals surface area contributed by atoms with Crippen LogP contribution in [0, 0.1) is 11.3 Å².